The maximum Gasteiger partial charge on any atom is 0.270 e. The van der Waals surface area contributed by atoms with E-state index in [0.29, 0.717) is 23.5 Å². The Kier molecular flexibility index (Phi) is 4.86. The highest BCUT2D eigenvalue weighted by atomic mass is 16.6. The molecule has 6 nitrogen and oxygen atoms in total. The molecule has 0 aliphatic carbocycles. The smallest absolute Gasteiger partial charge is 0.270 e. The van der Waals surface area contributed by atoms with Gasteiger partial charge >= 0.3 is 0 Å². The molecular weight excluding hydrogens is 274 g/mol. The zero-order valence-electron chi connectivity index (χ0n) is 11.2. The maximum absolute atomic E-state index is 10.7. The second-order valence-electron chi connectivity index (χ2n) is 4.43. The molecule has 0 saturated carbocycles. The fourth-order valence-corrected chi connectivity index (χ4v) is 1.88. The highest BCUT2D eigenvalue weighted by Crippen LogP contribution is 2.29. The Balaban J connectivity index is 2.20. The summed E-state index contributed by atoms with van der Waals surface area (Å²) in [7, 11) is 0. The van der Waals surface area contributed by atoms with Crippen molar-refractivity contribution in [2.24, 2.45) is 0 Å². The van der Waals surface area contributed by atoms with Crippen LogP contribution in [0, 0.1) is 10.1 Å². The molecule has 6 heteroatoms. The van der Waals surface area contributed by atoms with E-state index >= 15 is 0 Å². The standard InChI is InChI=1S/C15H15NO5/c17-8-7-11-1-4-14(5-2-11)21-15-6-3-13(16(19)20)9-12(15)10-18/h1-6,9,17-18H,7-8,10H2. The molecule has 0 spiro atoms. The van der Waals surface area contributed by atoms with Crippen LogP contribution in [0.1, 0.15) is 11.1 Å². The Morgan fingerprint density at radius 2 is 1.81 bits per heavy atom. The van der Waals surface area contributed by atoms with Crippen LogP contribution in [0.25, 0.3) is 0 Å². The summed E-state index contributed by atoms with van der Waals surface area (Å²) in [5, 5.41) is 28.8. The molecule has 2 aromatic carbocycles. The van der Waals surface area contributed by atoms with Crippen LogP contribution in [-0.2, 0) is 13.0 Å². The normalized spacial score (nSPS) is 10.4. The summed E-state index contributed by atoms with van der Waals surface area (Å²) < 4.78 is 5.62. The third-order valence-electron chi connectivity index (χ3n) is 2.98. The van der Waals surface area contributed by atoms with E-state index < -0.39 is 4.92 Å². The van der Waals surface area contributed by atoms with E-state index in [1.807, 2.05) is 12.1 Å². The van der Waals surface area contributed by atoms with Gasteiger partial charge in [0.25, 0.3) is 5.69 Å². The van der Waals surface area contributed by atoms with E-state index in [2.05, 4.69) is 0 Å². The number of aliphatic hydroxyl groups is 2. The Labute approximate surface area is 121 Å². The first kappa shape index (κ1) is 15.0. The average molecular weight is 289 g/mol. The second-order valence-corrected chi connectivity index (χ2v) is 4.43. The number of nitro benzene ring substituents is 1. The molecule has 110 valence electrons. The molecule has 0 bridgehead atoms. The van der Waals surface area contributed by atoms with Crippen LogP contribution in [0.3, 0.4) is 0 Å². The van der Waals surface area contributed by atoms with Crippen molar-refractivity contribution in [3.05, 3.63) is 63.7 Å². The van der Waals surface area contributed by atoms with Gasteiger partial charge in [0, 0.05) is 24.3 Å². The molecule has 0 unspecified atom stereocenters. The number of nitrogens with zero attached hydrogens (tertiary/aromatic N) is 1. The molecule has 2 aromatic rings. The van der Waals surface area contributed by atoms with Crippen molar-refractivity contribution >= 4 is 5.69 Å². The predicted molar refractivity (Wildman–Crippen MR) is 76.3 cm³/mol. The van der Waals surface area contributed by atoms with Crippen LogP contribution < -0.4 is 4.74 Å². The number of hydrogen-bond donors (Lipinski definition) is 2. The Hall–Kier alpha value is -2.44. The average Bonchev–Trinajstić information content (AvgIpc) is 2.49. The van der Waals surface area contributed by atoms with Crippen LogP contribution in [0.15, 0.2) is 42.5 Å². The van der Waals surface area contributed by atoms with Crippen LogP contribution in [0.2, 0.25) is 0 Å². The van der Waals surface area contributed by atoms with Gasteiger partial charge in [-0.2, -0.15) is 0 Å². The zero-order chi connectivity index (χ0) is 15.2. The predicted octanol–water partition coefficient (Wildman–Crippen LogP) is 2.41. The van der Waals surface area contributed by atoms with Crippen molar-refractivity contribution in [1.82, 2.24) is 0 Å². The van der Waals surface area contributed by atoms with Crippen LogP contribution >= 0.6 is 0 Å². The van der Waals surface area contributed by atoms with Gasteiger partial charge in [-0.1, -0.05) is 12.1 Å². The van der Waals surface area contributed by atoms with E-state index in [-0.39, 0.29) is 18.9 Å². The van der Waals surface area contributed by atoms with Crippen molar-refractivity contribution in [2.75, 3.05) is 6.61 Å². The quantitative estimate of drug-likeness (QED) is 0.629. The van der Waals surface area contributed by atoms with Gasteiger partial charge in [0.15, 0.2) is 0 Å². The molecule has 0 heterocycles. The fraction of sp³-hybridized carbons (Fsp3) is 0.200. The van der Waals surface area contributed by atoms with Gasteiger partial charge in [-0.15, -0.1) is 0 Å². The number of ether oxygens (including phenoxy) is 1. The second kappa shape index (κ2) is 6.83. The molecule has 2 N–H and O–H groups in total. The van der Waals surface area contributed by atoms with Crippen molar-refractivity contribution < 1.29 is 19.9 Å². The molecule has 2 rings (SSSR count). The number of benzene rings is 2. The molecule has 21 heavy (non-hydrogen) atoms. The molecule has 0 atom stereocenters. The molecule has 0 aromatic heterocycles. The maximum atomic E-state index is 10.7. The summed E-state index contributed by atoms with van der Waals surface area (Å²) in [4.78, 5) is 10.2. The number of non-ortho nitro benzene ring substituents is 1. The van der Waals surface area contributed by atoms with Gasteiger partial charge in [-0.25, -0.2) is 0 Å². The van der Waals surface area contributed by atoms with E-state index in [1.165, 1.54) is 18.2 Å². The van der Waals surface area contributed by atoms with Crippen LogP contribution in [0.4, 0.5) is 5.69 Å². The van der Waals surface area contributed by atoms with Crippen molar-refractivity contribution in [3.63, 3.8) is 0 Å². The van der Waals surface area contributed by atoms with Gasteiger partial charge in [0.2, 0.25) is 0 Å². The van der Waals surface area contributed by atoms with Crippen LogP contribution in [-0.4, -0.2) is 21.7 Å². The van der Waals surface area contributed by atoms with Gasteiger partial charge in [0.1, 0.15) is 11.5 Å². The summed E-state index contributed by atoms with van der Waals surface area (Å²) in [5.41, 5.74) is 1.24. The number of nitro groups is 1. The monoisotopic (exact) mass is 289 g/mol. The Bertz CT molecular complexity index is 624. The van der Waals surface area contributed by atoms with Gasteiger partial charge in [-0.05, 0) is 30.2 Å². The lowest BCUT2D eigenvalue weighted by Crippen LogP contribution is -1.95. The zero-order valence-corrected chi connectivity index (χ0v) is 11.2. The minimum Gasteiger partial charge on any atom is -0.457 e. The minimum atomic E-state index is -0.521. The Morgan fingerprint density at radius 3 is 2.38 bits per heavy atom. The first-order valence-electron chi connectivity index (χ1n) is 6.40. The first-order chi connectivity index (χ1) is 10.1. The SMILES string of the molecule is O=[N+]([O-])c1ccc(Oc2ccc(CCO)cc2)c(CO)c1. The number of rotatable bonds is 6. The first-order valence-corrected chi connectivity index (χ1v) is 6.40. The lowest BCUT2D eigenvalue weighted by Gasteiger charge is -2.10. The highest BCUT2D eigenvalue weighted by Gasteiger charge is 2.11. The van der Waals surface area contributed by atoms with Crippen molar-refractivity contribution in [3.8, 4) is 11.5 Å². The van der Waals surface area contributed by atoms with E-state index in [9.17, 15) is 15.2 Å². The van der Waals surface area contributed by atoms with Crippen molar-refractivity contribution in [2.45, 2.75) is 13.0 Å². The minimum absolute atomic E-state index is 0.0806. The summed E-state index contributed by atoms with van der Waals surface area (Å²) in [6.45, 7) is -0.267. The molecule has 0 fully saturated rings. The Morgan fingerprint density at radius 1 is 1.10 bits per heavy atom. The molecule has 0 saturated heterocycles. The van der Waals surface area contributed by atoms with Gasteiger partial charge in [-0.3, -0.25) is 10.1 Å². The highest BCUT2D eigenvalue weighted by molar-refractivity contribution is 5.45. The lowest BCUT2D eigenvalue weighted by atomic mass is 10.1. The summed E-state index contributed by atoms with van der Waals surface area (Å²) >= 11 is 0. The third-order valence-corrected chi connectivity index (χ3v) is 2.98. The number of aliphatic hydroxyl groups excluding tert-OH is 2. The number of hydrogen-bond acceptors (Lipinski definition) is 5. The molecular formula is C15H15NO5. The molecule has 0 radical (unpaired) electrons. The van der Waals surface area contributed by atoms with Gasteiger partial charge in [0.05, 0.1) is 11.5 Å². The van der Waals surface area contributed by atoms with E-state index in [1.54, 1.807) is 12.1 Å². The lowest BCUT2D eigenvalue weighted by molar-refractivity contribution is -0.385. The molecule has 0 amide bonds. The summed E-state index contributed by atoms with van der Waals surface area (Å²) in [6.07, 6.45) is 0.569. The summed E-state index contributed by atoms with van der Waals surface area (Å²) in [5.74, 6) is 0.929. The topological polar surface area (TPSA) is 92.8 Å². The largest absolute Gasteiger partial charge is 0.457 e. The van der Waals surface area contributed by atoms with E-state index in [0.717, 1.165) is 5.56 Å². The molecule has 0 aliphatic rings. The molecule has 0 aliphatic heterocycles. The fourth-order valence-electron chi connectivity index (χ4n) is 1.88. The van der Waals surface area contributed by atoms with Crippen molar-refractivity contribution in [1.29, 1.82) is 0 Å². The third kappa shape index (κ3) is 3.77. The van der Waals surface area contributed by atoms with Crippen LogP contribution in [0.5, 0.6) is 11.5 Å². The van der Waals surface area contributed by atoms with E-state index in [4.69, 9.17) is 9.84 Å². The van der Waals surface area contributed by atoms with Gasteiger partial charge < -0.3 is 14.9 Å². The summed E-state index contributed by atoms with van der Waals surface area (Å²) in [6, 6.07) is 11.2.